The number of nitrogens with one attached hydrogen (secondary N) is 1. The Hall–Kier alpha value is -2.81. The molecule has 0 unspecified atom stereocenters. The first-order valence-electron chi connectivity index (χ1n) is 10.9. The predicted octanol–water partition coefficient (Wildman–Crippen LogP) is 1.87. The molecule has 1 spiro atoms. The van der Waals surface area contributed by atoms with E-state index in [9.17, 15) is 9.59 Å². The number of carbonyl (C=O) groups excluding carboxylic acids is 2. The van der Waals surface area contributed by atoms with Crippen LogP contribution in [0.4, 0.5) is 0 Å². The van der Waals surface area contributed by atoms with Gasteiger partial charge in [0, 0.05) is 45.1 Å². The third-order valence-electron chi connectivity index (χ3n) is 6.12. The van der Waals surface area contributed by atoms with E-state index in [1.54, 1.807) is 12.4 Å². The van der Waals surface area contributed by atoms with E-state index in [0.29, 0.717) is 25.9 Å². The summed E-state index contributed by atoms with van der Waals surface area (Å²) in [7, 11) is 0. The quantitative estimate of drug-likeness (QED) is 0.554. The fraction of sp³-hybridized carbons (Fsp3) is 0.591. The molecule has 9 heteroatoms. The number of esters is 1. The lowest BCUT2D eigenvalue weighted by atomic mass is 9.76. The molecule has 1 saturated heterocycles. The van der Waals surface area contributed by atoms with Crippen LogP contribution in [0.2, 0.25) is 0 Å². The number of carbonyl (C=O) groups is 2. The van der Waals surface area contributed by atoms with E-state index in [4.69, 9.17) is 14.6 Å². The van der Waals surface area contributed by atoms with Crippen LogP contribution < -0.4 is 5.32 Å². The third kappa shape index (κ3) is 4.61. The molecular weight excluding hydrogens is 398 g/mol. The predicted molar refractivity (Wildman–Crippen MR) is 112 cm³/mol. The Labute approximate surface area is 181 Å². The maximum atomic E-state index is 12.8. The van der Waals surface area contributed by atoms with Crippen LogP contribution in [0.3, 0.4) is 0 Å². The van der Waals surface area contributed by atoms with Gasteiger partial charge in [-0.25, -0.2) is 14.8 Å². The Morgan fingerprint density at radius 3 is 2.74 bits per heavy atom. The molecule has 1 N–H and O–H groups in total. The normalized spacial score (nSPS) is 17.7. The topological polar surface area (TPSA) is 108 Å². The van der Waals surface area contributed by atoms with Gasteiger partial charge in [-0.1, -0.05) is 6.92 Å². The number of aromatic nitrogens is 4. The minimum absolute atomic E-state index is 0.0111. The van der Waals surface area contributed by atoms with Crippen LogP contribution in [-0.2, 0) is 28.9 Å². The highest BCUT2D eigenvalue weighted by Crippen LogP contribution is 2.37. The van der Waals surface area contributed by atoms with Crippen molar-refractivity contribution in [2.24, 2.45) is 5.41 Å². The Morgan fingerprint density at radius 2 is 2.03 bits per heavy atom. The summed E-state index contributed by atoms with van der Waals surface area (Å²) in [6.45, 7) is 6.78. The van der Waals surface area contributed by atoms with Crippen LogP contribution in [0, 0.1) is 12.3 Å². The van der Waals surface area contributed by atoms with E-state index in [0.717, 1.165) is 55.0 Å². The van der Waals surface area contributed by atoms with Crippen molar-refractivity contribution in [1.82, 2.24) is 25.1 Å². The first kappa shape index (κ1) is 21.4. The molecule has 0 radical (unpaired) electrons. The zero-order valence-corrected chi connectivity index (χ0v) is 18.1. The molecule has 0 saturated carbocycles. The average Bonchev–Trinajstić information content (AvgIpc) is 3.06. The summed E-state index contributed by atoms with van der Waals surface area (Å²) >= 11 is 0. The van der Waals surface area contributed by atoms with E-state index in [-0.39, 0.29) is 23.8 Å². The smallest absolute Gasteiger partial charge is 0.376 e. The molecule has 2 aromatic heterocycles. The standard InChI is InChI=1S/C22H29N5O4/c1-3-16-18-17(11-22(14-25-20(18)28)5-9-30-10-6-22)27(26-16)7-4-8-31-21(29)19-23-12-15(2)13-24-19/h12-13H,3-11,14H2,1-2H3,(H,25,28). The summed E-state index contributed by atoms with van der Waals surface area (Å²) < 4.78 is 12.8. The largest absolute Gasteiger partial charge is 0.460 e. The van der Waals surface area contributed by atoms with Crippen molar-refractivity contribution >= 4 is 11.9 Å². The Bertz CT molecular complexity index is 948. The molecule has 9 nitrogen and oxygen atoms in total. The van der Waals surface area contributed by atoms with Crippen molar-refractivity contribution in [3.8, 4) is 0 Å². The fourth-order valence-corrected chi connectivity index (χ4v) is 4.30. The second-order valence-corrected chi connectivity index (χ2v) is 8.39. The number of ether oxygens (including phenoxy) is 2. The van der Waals surface area contributed by atoms with Gasteiger partial charge in [-0.3, -0.25) is 9.48 Å². The van der Waals surface area contributed by atoms with Crippen LogP contribution in [0.5, 0.6) is 0 Å². The zero-order chi connectivity index (χ0) is 21.8. The van der Waals surface area contributed by atoms with E-state index in [1.807, 2.05) is 18.5 Å². The lowest BCUT2D eigenvalue weighted by Gasteiger charge is -2.36. The molecule has 31 heavy (non-hydrogen) atoms. The van der Waals surface area contributed by atoms with Crippen molar-refractivity contribution in [2.75, 3.05) is 26.4 Å². The molecule has 1 fully saturated rings. The molecule has 1 amide bonds. The summed E-state index contributed by atoms with van der Waals surface area (Å²) in [5.41, 5.74) is 3.42. The average molecular weight is 428 g/mol. The van der Waals surface area contributed by atoms with Crippen molar-refractivity contribution in [1.29, 1.82) is 0 Å². The first-order chi connectivity index (χ1) is 15.0. The molecule has 0 aliphatic carbocycles. The van der Waals surface area contributed by atoms with Crippen LogP contribution in [0.1, 0.15) is 64.1 Å². The molecule has 0 atom stereocenters. The van der Waals surface area contributed by atoms with Crippen LogP contribution >= 0.6 is 0 Å². The van der Waals surface area contributed by atoms with E-state index >= 15 is 0 Å². The maximum absolute atomic E-state index is 12.8. The minimum atomic E-state index is -0.533. The van der Waals surface area contributed by atoms with Crippen molar-refractivity contribution in [2.45, 2.75) is 52.5 Å². The van der Waals surface area contributed by atoms with Crippen molar-refractivity contribution in [3.63, 3.8) is 0 Å². The minimum Gasteiger partial charge on any atom is -0.460 e. The molecule has 2 aliphatic rings. The van der Waals surface area contributed by atoms with E-state index < -0.39 is 5.97 Å². The third-order valence-corrected chi connectivity index (χ3v) is 6.12. The first-order valence-corrected chi connectivity index (χ1v) is 10.9. The van der Waals surface area contributed by atoms with Gasteiger partial charge in [0.05, 0.1) is 23.6 Å². The lowest BCUT2D eigenvalue weighted by Crippen LogP contribution is -2.40. The van der Waals surface area contributed by atoms with Gasteiger partial charge in [-0.2, -0.15) is 5.10 Å². The molecule has 4 heterocycles. The second kappa shape index (κ2) is 9.13. The van der Waals surface area contributed by atoms with Crippen molar-refractivity contribution < 1.29 is 19.1 Å². The number of nitrogens with zero attached hydrogens (tertiary/aromatic N) is 4. The molecule has 2 aromatic rings. The van der Waals surface area contributed by atoms with Gasteiger partial charge in [-0.05, 0) is 43.6 Å². The number of fused-ring (bicyclic) bond motifs is 1. The molecule has 2 aliphatic heterocycles. The van der Waals surface area contributed by atoms with Crippen LogP contribution in [-0.4, -0.2) is 58.0 Å². The van der Waals surface area contributed by atoms with Gasteiger partial charge in [0.2, 0.25) is 5.82 Å². The molecule has 0 aromatic carbocycles. The highest BCUT2D eigenvalue weighted by Gasteiger charge is 2.39. The molecule has 4 rings (SSSR count). The van der Waals surface area contributed by atoms with Gasteiger partial charge in [0.1, 0.15) is 0 Å². The number of hydrogen-bond acceptors (Lipinski definition) is 7. The number of amides is 1. The number of hydrogen-bond donors (Lipinski definition) is 1. The molecule has 166 valence electrons. The molecular formula is C22H29N5O4. The summed E-state index contributed by atoms with van der Waals surface area (Å²) in [6, 6.07) is 0. The molecule has 0 bridgehead atoms. The van der Waals surface area contributed by atoms with Gasteiger partial charge < -0.3 is 14.8 Å². The Morgan fingerprint density at radius 1 is 1.29 bits per heavy atom. The number of aryl methyl sites for hydroxylation is 3. The van der Waals surface area contributed by atoms with Gasteiger partial charge in [0.15, 0.2) is 0 Å². The lowest BCUT2D eigenvalue weighted by molar-refractivity contribution is 0.0152. The summed E-state index contributed by atoms with van der Waals surface area (Å²) in [5, 5.41) is 7.85. The zero-order valence-electron chi connectivity index (χ0n) is 18.1. The summed E-state index contributed by atoms with van der Waals surface area (Å²) in [6.07, 6.45) is 7.11. The summed E-state index contributed by atoms with van der Waals surface area (Å²) in [5.74, 6) is -0.511. The van der Waals surface area contributed by atoms with E-state index in [1.165, 1.54) is 0 Å². The maximum Gasteiger partial charge on any atom is 0.376 e. The Kier molecular flexibility index (Phi) is 6.31. The van der Waals surface area contributed by atoms with Gasteiger partial charge in [0.25, 0.3) is 5.91 Å². The summed E-state index contributed by atoms with van der Waals surface area (Å²) in [4.78, 5) is 32.9. The number of rotatable bonds is 6. The Balaban J connectivity index is 1.44. The van der Waals surface area contributed by atoms with Gasteiger partial charge in [-0.15, -0.1) is 0 Å². The highest BCUT2D eigenvalue weighted by molar-refractivity contribution is 5.97. The SMILES string of the molecule is CCc1nn(CCCOC(=O)c2ncc(C)cn2)c2c1C(=O)NCC1(CCOCC1)C2. The van der Waals surface area contributed by atoms with Crippen LogP contribution in [0.25, 0.3) is 0 Å². The van der Waals surface area contributed by atoms with Gasteiger partial charge >= 0.3 is 5.97 Å². The monoisotopic (exact) mass is 427 g/mol. The van der Waals surface area contributed by atoms with E-state index in [2.05, 4.69) is 15.3 Å². The second-order valence-electron chi connectivity index (χ2n) is 8.39. The van der Waals surface area contributed by atoms with Crippen LogP contribution in [0.15, 0.2) is 12.4 Å². The van der Waals surface area contributed by atoms with Crippen molar-refractivity contribution in [3.05, 3.63) is 40.7 Å². The highest BCUT2D eigenvalue weighted by atomic mass is 16.5. The fourth-order valence-electron chi connectivity index (χ4n) is 4.30.